The Morgan fingerprint density at radius 2 is 2.23 bits per heavy atom. The SMILES string of the molecule is Cc1c(Br)ncc(C(F)F)c1CCl. The fourth-order valence-electron chi connectivity index (χ4n) is 1.01. The van der Waals surface area contributed by atoms with Crippen molar-refractivity contribution in [2.75, 3.05) is 0 Å². The molecule has 1 aromatic heterocycles. The molecule has 72 valence electrons. The second-order valence-electron chi connectivity index (χ2n) is 2.54. The molecule has 0 atom stereocenters. The van der Waals surface area contributed by atoms with Gasteiger partial charge in [-0.2, -0.15) is 0 Å². The molecule has 0 aliphatic carbocycles. The summed E-state index contributed by atoms with van der Waals surface area (Å²) in [4.78, 5) is 3.79. The zero-order chi connectivity index (χ0) is 10.0. The maximum atomic E-state index is 12.4. The molecule has 0 bridgehead atoms. The molecule has 0 aliphatic rings. The van der Waals surface area contributed by atoms with Gasteiger partial charge in [0.1, 0.15) is 4.60 Å². The molecule has 0 aliphatic heterocycles. The Labute approximate surface area is 88.2 Å². The van der Waals surface area contributed by atoms with Gasteiger partial charge >= 0.3 is 0 Å². The Bertz CT molecular complexity index is 317. The van der Waals surface area contributed by atoms with Gasteiger partial charge in [-0.3, -0.25) is 0 Å². The van der Waals surface area contributed by atoms with Crippen LogP contribution >= 0.6 is 27.5 Å². The van der Waals surface area contributed by atoms with Crippen LogP contribution in [-0.2, 0) is 5.88 Å². The molecule has 1 aromatic rings. The highest BCUT2D eigenvalue weighted by molar-refractivity contribution is 9.10. The molecular weight excluding hydrogens is 263 g/mol. The summed E-state index contributed by atoms with van der Waals surface area (Å²) >= 11 is 8.73. The third-order valence-corrected chi connectivity index (χ3v) is 2.86. The fraction of sp³-hybridized carbons (Fsp3) is 0.375. The van der Waals surface area contributed by atoms with Crippen molar-refractivity contribution in [3.05, 3.63) is 27.5 Å². The highest BCUT2D eigenvalue weighted by Gasteiger charge is 2.16. The minimum absolute atomic E-state index is 0.0760. The number of aromatic nitrogens is 1. The van der Waals surface area contributed by atoms with Gasteiger partial charge in [-0.1, -0.05) is 0 Å². The van der Waals surface area contributed by atoms with Crippen molar-refractivity contribution in [1.82, 2.24) is 4.98 Å². The van der Waals surface area contributed by atoms with E-state index in [1.165, 1.54) is 0 Å². The Balaban J connectivity index is 3.30. The van der Waals surface area contributed by atoms with Gasteiger partial charge in [0.05, 0.1) is 0 Å². The third-order valence-electron chi connectivity index (χ3n) is 1.80. The molecule has 0 unspecified atom stereocenters. The first kappa shape index (κ1) is 10.9. The van der Waals surface area contributed by atoms with E-state index in [0.717, 1.165) is 6.20 Å². The van der Waals surface area contributed by atoms with Gasteiger partial charge in [-0.25, -0.2) is 13.8 Å². The Morgan fingerprint density at radius 3 is 2.69 bits per heavy atom. The zero-order valence-corrected chi connectivity index (χ0v) is 9.16. The van der Waals surface area contributed by atoms with Crippen LogP contribution in [0.2, 0.25) is 0 Å². The lowest BCUT2D eigenvalue weighted by atomic mass is 10.1. The average molecular weight is 271 g/mol. The first-order valence-corrected chi connectivity index (χ1v) is 4.88. The Hall–Kier alpha value is -0.220. The van der Waals surface area contributed by atoms with Crippen LogP contribution in [-0.4, -0.2) is 4.98 Å². The van der Waals surface area contributed by atoms with Gasteiger partial charge in [0, 0.05) is 17.6 Å². The van der Waals surface area contributed by atoms with Crippen LogP contribution in [0.25, 0.3) is 0 Å². The number of nitrogens with zero attached hydrogens (tertiary/aromatic N) is 1. The predicted octanol–water partition coefficient (Wildman–Crippen LogP) is 3.83. The first-order chi connectivity index (χ1) is 6.07. The van der Waals surface area contributed by atoms with E-state index >= 15 is 0 Å². The van der Waals surface area contributed by atoms with E-state index in [1.807, 2.05) is 0 Å². The summed E-state index contributed by atoms with van der Waals surface area (Å²) in [5.74, 6) is 0.0760. The minimum atomic E-state index is -2.52. The van der Waals surface area contributed by atoms with Crippen molar-refractivity contribution in [2.24, 2.45) is 0 Å². The Morgan fingerprint density at radius 1 is 1.62 bits per heavy atom. The van der Waals surface area contributed by atoms with Gasteiger partial charge in [-0.05, 0) is 34.0 Å². The lowest BCUT2D eigenvalue weighted by Crippen LogP contribution is -1.98. The monoisotopic (exact) mass is 269 g/mol. The van der Waals surface area contributed by atoms with Crippen LogP contribution < -0.4 is 0 Å². The standard InChI is InChI=1S/C8H7BrClF2N/c1-4-5(2-10)6(8(11)12)3-13-7(4)9/h3,8H,2H2,1H3. The molecule has 0 saturated heterocycles. The van der Waals surface area contributed by atoms with E-state index in [9.17, 15) is 8.78 Å². The molecule has 5 heteroatoms. The molecule has 1 heterocycles. The quantitative estimate of drug-likeness (QED) is 0.588. The smallest absolute Gasteiger partial charge is 0.249 e. The Kier molecular flexibility index (Phi) is 3.62. The summed E-state index contributed by atoms with van der Waals surface area (Å²) in [7, 11) is 0. The highest BCUT2D eigenvalue weighted by Crippen LogP contribution is 2.28. The van der Waals surface area contributed by atoms with Gasteiger partial charge in [0.15, 0.2) is 0 Å². The number of rotatable bonds is 2. The highest BCUT2D eigenvalue weighted by atomic mass is 79.9. The first-order valence-electron chi connectivity index (χ1n) is 3.56. The molecule has 0 amide bonds. The van der Waals surface area contributed by atoms with Gasteiger partial charge in [-0.15, -0.1) is 11.6 Å². The molecule has 0 radical (unpaired) electrons. The number of hydrogen-bond acceptors (Lipinski definition) is 1. The van der Waals surface area contributed by atoms with Crippen LogP contribution in [0.5, 0.6) is 0 Å². The van der Waals surface area contributed by atoms with Gasteiger partial charge < -0.3 is 0 Å². The van der Waals surface area contributed by atoms with E-state index in [0.29, 0.717) is 15.7 Å². The largest absolute Gasteiger partial charge is 0.265 e. The summed E-state index contributed by atoms with van der Waals surface area (Å²) in [6, 6.07) is 0. The van der Waals surface area contributed by atoms with E-state index < -0.39 is 6.43 Å². The third kappa shape index (κ3) is 2.17. The average Bonchev–Trinajstić information content (AvgIpc) is 2.09. The van der Waals surface area contributed by atoms with Crippen molar-refractivity contribution >= 4 is 27.5 Å². The molecule has 1 rings (SSSR count). The molecule has 0 spiro atoms. The fourth-order valence-corrected chi connectivity index (χ4v) is 1.70. The molecular formula is C8H7BrClF2N. The maximum absolute atomic E-state index is 12.4. The molecule has 0 aromatic carbocycles. The van der Waals surface area contributed by atoms with E-state index in [4.69, 9.17) is 11.6 Å². The van der Waals surface area contributed by atoms with E-state index in [-0.39, 0.29) is 11.4 Å². The van der Waals surface area contributed by atoms with Gasteiger partial charge in [0.25, 0.3) is 6.43 Å². The number of halogens is 4. The van der Waals surface area contributed by atoms with Gasteiger partial charge in [0.2, 0.25) is 0 Å². The summed E-state index contributed by atoms with van der Waals surface area (Å²) in [5, 5.41) is 0. The molecule has 13 heavy (non-hydrogen) atoms. The molecule has 0 fully saturated rings. The lowest BCUT2D eigenvalue weighted by Gasteiger charge is -2.09. The van der Waals surface area contributed by atoms with Crippen molar-refractivity contribution in [1.29, 1.82) is 0 Å². The summed E-state index contributed by atoms with van der Waals surface area (Å²) in [6.07, 6.45) is -1.37. The minimum Gasteiger partial charge on any atom is -0.249 e. The zero-order valence-electron chi connectivity index (χ0n) is 6.82. The topological polar surface area (TPSA) is 12.9 Å². The van der Waals surface area contributed by atoms with Crippen molar-refractivity contribution < 1.29 is 8.78 Å². The summed E-state index contributed by atoms with van der Waals surface area (Å²) < 4.78 is 25.4. The van der Waals surface area contributed by atoms with Crippen LogP contribution in [0, 0.1) is 6.92 Å². The van der Waals surface area contributed by atoms with Crippen LogP contribution in [0.4, 0.5) is 8.78 Å². The van der Waals surface area contributed by atoms with Crippen LogP contribution in [0.15, 0.2) is 10.8 Å². The molecule has 0 N–H and O–H groups in total. The van der Waals surface area contributed by atoms with Crippen molar-refractivity contribution in [3.8, 4) is 0 Å². The maximum Gasteiger partial charge on any atom is 0.265 e. The normalized spacial score (nSPS) is 10.9. The van der Waals surface area contributed by atoms with E-state index in [1.54, 1.807) is 6.92 Å². The summed E-state index contributed by atoms with van der Waals surface area (Å²) in [6.45, 7) is 1.71. The molecule has 0 saturated carbocycles. The van der Waals surface area contributed by atoms with Crippen molar-refractivity contribution in [2.45, 2.75) is 19.2 Å². The summed E-state index contributed by atoms with van der Waals surface area (Å²) in [5.41, 5.74) is 1.04. The number of hydrogen-bond donors (Lipinski definition) is 0. The van der Waals surface area contributed by atoms with Crippen molar-refractivity contribution in [3.63, 3.8) is 0 Å². The predicted molar refractivity (Wildman–Crippen MR) is 51.2 cm³/mol. The number of alkyl halides is 3. The lowest BCUT2D eigenvalue weighted by molar-refractivity contribution is 0.150. The number of pyridine rings is 1. The molecule has 1 nitrogen and oxygen atoms in total. The van der Waals surface area contributed by atoms with Crippen LogP contribution in [0.1, 0.15) is 23.1 Å². The second-order valence-corrected chi connectivity index (χ2v) is 3.56. The van der Waals surface area contributed by atoms with E-state index in [2.05, 4.69) is 20.9 Å². The van der Waals surface area contributed by atoms with Crippen LogP contribution in [0.3, 0.4) is 0 Å². The second kappa shape index (κ2) is 4.33.